The molecule has 2 aliphatic rings. The number of rotatable bonds is 5. The van der Waals surface area contributed by atoms with Crippen LogP contribution in [0.25, 0.3) is 0 Å². The lowest BCUT2D eigenvalue weighted by molar-refractivity contribution is -0.143. The first-order valence-electron chi connectivity index (χ1n) is 7.79. The Morgan fingerprint density at radius 2 is 1.95 bits per heavy atom. The molecule has 1 heterocycles. The normalized spacial score (nSPS) is 28.1. The first kappa shape index (κ1) is 17.1. The zero-order chi connectivity index (χ0) is 16.3. The van der Waals surface area contributed by atoms with Gasteiger partial charge in [-0.2, -0.15) is 0 Å². The summed E-state index contributed by atoms with van der Waals surface area (Å²) in [6.07, 6.45) is 1.56. The highest BCUT2D eigenvalue weighted by Gasteiger charge is 2.41. The van der Waals surface area contributed by atoms with Crippen molar-refractivity contribution in [3.8, 4) is 0 Å². The molecular formula is C15H24N2O4S. The Bertz CT molecular complexity index is 455. The molecule has 0 aromatic heterocycles. The third-order valence-electron chi connectivity index (χ3n) is 4.28. The van der Waals surface area contributed by atoms with Gasteiger partial charge < -0.3 is 15.3 Å². The number of thioether (sulfide) groups is 1. The van der Waals surface area contributed by atoms with Crippen LogP contribution in [-0.4, -0.2) is 52.0 Å². The summed E-state index contributed by atoms with van der Waals surface area (Å²) in [7, 11) is 0. The number of nitrogens with zero attached hydrogens (tertiary/aromatic N) is 1. The summed E-state index contributed by atoms with van der Waals surface area (Å²) < 4.78 is 0. The van der Waals surface area contributed by atoms with Gasteiger partial charge in [0.2, 0.25) is 11.8 Å². The zero-order valence-corrected chi connectivity index (χ0v) is 13.9. The lowest BCUT2D eigenvalue weighted by Crippen LogP contribution is -2.49. The molecule has 0 aromatic rings. The minimum absolute atomic E-state index is 0.0570. The minimum Gasteiger partial charge on any atom is -0.481 e. The highest BCUT2D eigenvalue weighted by Crippen LogP contribution is 2.34. The maximum atomic E-state index is 12.6. The largest absolute Gasteiger partial charge is 0.481 e. The molecule has 6 nitrogen and oxygen atoms in total. The van der Waals surface area contributed by atoms with Gasteiger partial charge in [-0.3, -0.25) is 14.4 Å². The van der Waals surface area contributed by atoms with Crippen LogP contribution in [0, 0.1) is 17.8 Å². The van der Waals surface area contributed by atoms with Crippen LogP contribution < -0.4 is 5.32 Å². The van der Waals surface area contributed by atoms with Gasteiger partial charge >= 0.3 is 5.97 Å². The molecule has 1 saturated carbocycles. The van der Waals surface area contributed by atoms with Crippen molar-refractivity contribution in [1.29, 1.82) is 0 Å². The molecule has 7 heteroatoms. The van der Waals surface area contributed by atoms with Gasteiger partial charge in [0.25, 0.3) is 0 Å². The maximum Gasteiger partial charge on any atom is 0.306 e. The van der Waals surface area contributed by atoms with Gasteiger partial charge in [0.05, 0.1) is 11.8 Å². The average molecular weight is 328 g/mol. The van der Waals surface area contributed by atoms with E-state index < -0.39 is 17.9 Å². The standard InChI is InChI=1S/C15H24N2O4S/c1-9(2)6-16-13(18)12-7-22-8-17(12)14(19)10-3-4-11(5-10)15(20)21/h9-12H,3-8H2,1-2H3,(H,16,18)(H,20,21)/t10-,11+,12?/m1/s1. The summed E-state index contributed by atoms with van der Waals surface area (Å²) in [4.78, 5) is 37.5. The highest BCUT2D eigenvalue weighted by atomic mass is 32.2. The van der Waals surface area contributed by atoms with E-state index >= 15 is 0 Å². The van der Waals surface area contributed by atoms with Crippen molar-refractivity contribution in [2.24, 2.45) is 17.8 Å². The molecule has 3 atom stereocenters. The quantitative estimate of drug-likeness (QED) is 0.791. The summed E-state index contributed by atoms with van der Waals surface area (Å²) in [5.41, 5.74) is 0. The van der Waals surface area contributed by atoms with E-state index in [0.29, 0.717) is 43.4 Å². The maximum absolute atomic E-state index is 12.6. The summed E-state index contributed by atoms with van der Waals surface area (Å²) in [6.45, 7) is 4.65. The Labute approximate surface area is 135 Å². The van der Waals surface area contributed by atoms with Crippen molar-refractivity contribution >= 4 is 29.5 Å². The molecule has 0 aromatic carbocycles. The van der Waals surface area contributed by atoms with Gasteiger partial charge in [-0.05, 0) is 25.2 Å². The number of hydrogen-bond acceptors (Lipinski definition) is 4. The molecule has 0 bridgehead atoms. The topological polar surface area (TPSA) is 86.7 Å². The van der Waals surface area contributed by atoms with E-state index in [1.54, 1.807) is 16.7 Å². The third kappa shape index (κ3) is 3.94. The van der Waals surface area contributed by atoms with Gasteiger partial charge in [0.15, 0.2) is 0 Å². The second-order valence-corrected chi connectivity index (χ2v) is 7.51. The second-order valence-electron chi connectivity index (χ2n) is 6.51. The Morgan fingerprint density at radius 1 is 1.27 bits per heavy atom. The van der Waals surface area contributed by atoms with Gasteiger partial charge in [-0.15, -0.1) is 11.8 Å². The second kappa shape index (κ2) is 7.35. The first-order valence-corrected chi connectivity index (χ1v) is 8.94. The van der Waals surface area contributed by atoms with Crippen LogP contribution in [0.15, 0.2) is 0 Å². The Balaban J connectivity index is 1.94. The molecule has 1 aliphatic heterocycles. The molecule has 124 valence electrons. The lowest BCUT2D eigenvalue weighted by Gasteiger charge is -2.26. The third-order valence-corrected chi connectivity index (χ3v) is 5.30. The van der Waals surface area contributed by atoms with Gasteiger partial charge in [0, 0.05) is 18.2 Å². The fraction of sp³-hybridized carbons (Fsp3) is 0.800. The fourth-order valence-corrected chi connectivity index (χ4v) is 4.13. The van der Waals surface area contributed by atoms with E-state index in [2.05, 4.69) is 5.32 Å². The highest BCUT2D eigenvalue weighted by molar-refractivity contribution is 7.99. The molecular weight excluding hydrogens is 304 g/mol. The zero-order valence-electron chi connectivity index (χ0n) is 13.1. The van der Waals surface area contributed by atoms with E-state index in [-0.39, 0.29) is 17.7 Å². The number of carboxylic acids is 1. The molecule has 0 radical (unpaired) electrons. The number of amides is 2. The molecule has 1 unspecified atom stereocenters. The van der Waals surface area contributed by atoms with Crippen molar-refractivity contribution < 1.29 is 19.5 Å². The van der Waals surface area contributed by atoms with Crippen LogP contribution in [0.1, 0.15) is 33.1 Å². The Morgan fingerprint density at radius 3 is 2.55 bits per heavy atom. The van der Waals surface area contributed by atoms with Crippen LogP contribution in [0.4, 0.5) is 0 Å². The van der Waals surface area contributed by atoms with E-state index in [0.717, 1.165) is 0 Å². The van der Waals surface area contributed by atoms with E-state index in [9.17, 15) is 14.4 Å². The van der Waals surface area contributed by atoms with Crippen molar-refractivity contribution in [3.05, 3.63) is 0 Å². The number of carbonyl (C=O) groups excluding carboxylic acids is 2. The average Bonchev–Trinajstić information content (AvgIpc) is 3.12. The molecule has 2 fully saturated rings. The molecule has 1 aliphatic carbocycles. The van der Waals surface area contributed by atoms with E-state index in [1.165, 1.54) is 0 Å². The Hall–Kier alpha value is -1.24. The van der Waals surface area contributed by atoms with Crippen LogP contribution >= 0.6 is 11.8 Å². The van der Waals surface area contributed by atoms with Crippen molar-refractivity contribution in [2.45, 2.75) is 39.2 Å². The first-order chi connectivity index (χ1) is 10.4. The van der Waals surface area contributed by atoms with Crippen molar-refractivity contribution in [2.75, 3.05) is 18.2 Å². The van der Waals surface area contributed by atoms with E-state index in [4.69, 9.17) is 5.11 Å². The van der Waals surface area contributed by atoms with Gasteiger partial charge in [0.1, 0.15) is 6.04 Å². The number of hydrogen-bond donors (Lipinski definition) is 2. The van der Waals surface area contributed by atoms with Gasteiger partial charge in [-0.1, -0.05) is 13.8 Å². The van der Waals surface area contributed by atoms with Crippen LogP contribution in [-0.2, 0) is 14.4 Å². The van der Waals surface area contributed by atoms with Crippen molar-refractivity contribution in [3.63, 3.8) is 0 Å². The number of carboxylic acid groups (broad SMARTS) is 1. The predicted molar refractivity (Wildman–Crippen MR) is 84.3 cm³/mol. The monoisotopic (exact) mass is 328 g/mol. The Kier molecular flexibility index (Phi) is 5.72. The van der Waals surface area contributed by atoms with Crippen molar-refractivity contribution in [1.82, 2.24) is 10.2 Å². The number of nitrogens with one attached hydrogen (secondary N) is 1. The molecule has 0 spiro atoms. The van der Waals surface area contributed by atoms with Gasteiger partial charge in [-0.25, -0.2) is 0 Å². The fourth-order valence-electron chi connectivity index (χ4n) is 2.96. The summed E-state index contributed by atoms with van der Waals surface area (Å²) in [6, 6.07) is -0.417. The SMILES string of the molecule is CC(C)CNC(=O)C1CSCN1C(=O)[C@@H]1CC[C@H](C(=O)O)C1. The molecule has 2 amide bonds. The summed E-state index contributed by atoms with van der Waals surface area (Å²) >= 11 is 1.58. The number of aliphatic carboxylic acids is 1. The van der Waals surface area contributed by atoms with Crippen LogP contribution in [0.2, 0.25) is 0 Å². The minimum atomic E-state index is -0.822. The molecule has 2 N–H and O–H groups in total. The summed E-state index contributed by atoms with van der Waals surface area (Å²) in [5.74, 6) is -0.140. The number of carbonyl (C=O) groups is 3. The smallest absolute Gasteiger partial charge is 0.306 e. The molecule has 2 rings (SSSR count). The van der Waals surface area contributed by atoms with E-state index in [1.807, 2.05) is 13.8 Å². The summed E-state index contributed by atoms with van der Waals surface area (Å²) in [5, 5.41) is 11.9. The lowest BCUT2D eigenvalue weighted by atomic mass is 10.0. The van der Waals surface area contributed by atoms with Crippen LogP contribution in [0.5, 0.6) is 0 Å². The molecule has 1 saturated heterocycles. The van der Waals surface area contributed by atoms with Crippen LogP contribution in [0.3, 0.4) is 0 Å². The predicted octanol–water partition coefficient (Wildman–Crippen LogP) is 1.16. The molecule has 22 heavy (non-hydrogen) atoms.